The molecular weight excluding hydrogens is 311 g/mol. The fraction of sp³-hybridized carbons (Fsp3) is 0.200. The Morgan fingerprint density at radius 2 is 1.89 bits per heavy atom. The molecule has 0 aliphatic rings. The van der Waals surface area contributed by atoms with Crippen LogP contribution in [0.15, 0.2) is 40.9 Å². The minimum atomic E-state index is -0.698. The minimum Gasteiger partial charge on any atom is -0.454 e. The van der Waals surface area contributed by atoms with Gasteiger partial charge < -0.3 is 9.84 Å². The quantitative estimate of drug-likeness (QED) is 0.883. The van der Waals surface area contributed by atoms with Gasteiger partial charge in [-0.05, 0) is 49.2 Å². The molecule has 2 aromatic carbocycles. The van der Waals surface area contributed by atoms with Crippen LogP contribution in [0.2, 0.25) is 0 Å². The van der Waals surface area contributed by atoms with Gasteiger partial charge in [-0.2, -0.15) is 0 Å². The summed E-state index contributed by atoms with van der Waals surface area (Å²) in [5.41, 5.74) is 1.44. The van der Waals surface area contributed by atoms with E-state index in [-0.39, 0.29) is 5.75 Å². The third-order valence-electron chi connectivity index (χ3n) is 2.81. The Bertz CT molecular complexity index is 597. The summed E-state index contributed by atoms with van der Waals surface area (Å²) in [5.74, 6) is 0.251. The largest absolute Gasteiger partial charge is 0.454 e. The highest BCUT2D eigenvalue weighted by Crippen LogP contribution is 2.30. The summed E-state index contributed by atoms with van der Waals surface area (Å²) < 4.78 is 20.3. The molecule has 2 rings (SSSR count). The zero-order valence-electron chi connectivity index (χ0n) is 10.7. The maximum Gasteiger partial charge on any atom is 0.166 e. The second kappa shape index (κ2) is 5.72. The van der Waals surface area contributed by atoms with E-state index in [1.807, 2.05) is 19.1 Å². The SMILES string of the molecule is Cc1ccc(Br)cc1Oc1ccc([C@H](C)O)cc1F. The van der Waals surface area contributed by atoms with Crippen LogP contribution in [0.25, 0.3) is 0 Å². The first-order valence-corrected chi connectivity index (χ1v) is 6.68. The molecule has 4 heteroatoms. The second-order valence-corrected chi connectivity index (χ2v) is 5.29. The number of ether oxygens (including phenoxy) is 1. The fourth-order valence-corrected chi connectivity index (χ4v) is 2.00. The van der Waals surface area contributed by atoms with E-state index in [4.69, 9.17) is 4.74 Å². The van der Waals surface area contributed by atoms with Gasteiger partial charge in [0.25, 0.3) is 0 Å². The second-order valence-electron chi connectivity index (χ2n) is 4.38. The lowest BCUT2D eigenvalue weighted by Crippen LogP contribution is -1.95. The average molecular weight is 325 g/mol. The van der Waals surface area contributed by atoms with Gasteiger partial charge in [0.15, 0.2) is 11.6 Å². The number of aliphatic hydroxyl groups is 1. The predicted octanol–water partition coefficient (Wildman–Crippen LogP) is 4.74. The maximum absolute atomic E-state index is 13.9. The third-order valence-corrected chi connectivity index (χ3v) is 3.30. The Labute approximate surface area is 120 Å². The normalized spacial score (nSPS) is 12.3. The van der Waals surface area contributed by atoms with Gasteiger partial charge in [-0.3, -0.25) is 0 Å². The van der Waals surface area contributed by atoms with Gasteiger partial charge in [-0.25, -0.2) is 4.39 Å². The van der Waals surface area contributed by atoms with Crippen LogP contribution >= 0.6 is 15.9 Å². The molecule has 0 saturated heterocycles. The molecule has 0 amide bonds. The van der Waals surface area contributed by atoms with E-state index in [0.717, 1.165) is 10.0 Å². The maximum atomic E-state index is 13.9. The number of rotatable bonds is 3. The Morgan fingerprint density at radius 3 is 2.53 bits per heavy atom. The standard InChI is InChI=1S/C15H14BrFO2/c1-9-3-5-12(16)8-15(9)19-14-6-4-11(10(2)18)7-13(14)17/h3-8,10,18H,1-2H3/t10-/m0/s1. The molecular formula is C15H14BrFO2. The van der Waals surface area contributed by atoms with Crippen molar-refractivity contribution in [2.24, 2.45) is 0 Å². The summed E-state index contributed by atoms with van der Waals surface area (Å²) >= 11 is 3.35. The van der Waals surface area contributed by atoms with Crippen molar-refractivity contribution in [3.8, 4) is 11.5 Å². The summed E-state index contributed by atoms with van der Waals surface area (Å²) in [6.45, 7) is 3.48. The topological polar surface area (TPSA) is 29.5 Å². The summed E-state index contributed by atoms with van der Waals surface area (Å²) in [6, 6.07) is 10.0. The van der Waals surface area contributed by atoms with Crippen molar-refractivity contribution >= 4 is 15.9 Å². The Morgan fingerprint density at radius 1 is 1.16 bits per heavy atom. The molecule has 1 N–H and O–H groups in total. The molecule has 2 nitrogen and oxygen atoms in total. The molecule has 0 radical (unpaired) electrons. The number of hydrogen-bond acceptors (Lipinski definition) is 2. The molecule has 0 fully saturated rings. The summed E-state index contributed by atoms with van der Waals surface area (Å²) in [5, 5.41) is 9.40. The van der Waals surface area contributed by atoms with E-state index >= 15 is 0 Å². The van der Waals surface area contributed by atoms with Gasteiger partial charge in [0.1, 0.15) is 5.75 Å². The summed E-state index contributed by atoms with van der Waals surface area (Å²) in [6.07, 6.45) is -0.698. The van der Waals surface area contributed by atoms with Gasteiger partial charge in [-0.15, -0.1) is 0 Å². The predicted molar refractivity (Wildman–Crippen MR) is 76.0 cm³/mol. The highest BCUT2D eigenvalue weighted by Gasteiger charge is 2.10. The van der Waals surface area contributed by atoms with Crippen LogP contribution in [-0.4, -0.2) is 5.11 Å². The first-order valence-electron chi connectivity index (χ1n) is 5.89. The van der Waals surface area contributed by atoms with Crippen LogP contribution in [0, 0.1) is 12.7 Å². The fourth-order valence-electron chi connectivity index (χ4n) is 1.66. The van der Waals surface area contributed by atoms with Crippen LogP contribution in [0.3, 0.4) is 0 Å². The lowest BCUT2D eigenvalue weighted by Gasteiger charge is -2.11. The number of aryl methyl sites for hydroxylation is 1. The van der Waals surface area contributed by atoms with Crippen LogP contribution in [0.4, 0.5) is 4.39 Å². The van der Waals surface area contributed by atoms with Crippen LogP contribution in [0.5, 0.6) is 11.5 Å². The van der Waals surface area contributed by atoms with Crippen molar-refractivity contribution in [1.82, 2.24) is 0 Å². The summed E-state index contributed by atoms with van der Waals surface area (Å²) in [4.78, 5) is 0. The molecule has 0 aromatic heterocycles. The molecule has 0 unspecified atom stereocenters. The summed E-state index contributed by atoms with van der Waals surface area (Å²) in [7, 11) is 0. The molecule has 0 aliphatic heterocycles. The van der Waals surface area contributed by atoms with Gasteiger partial charge in [0.2, 0.25) is 0 Å². The molecule has 1 atom stereocenters. The van der Waals surface area contributed by atoms with Gasteiger partial charge in [0, 0.05) is 4.47 Å². The lowest BCUT2D eigenvalue weighted by atomic mass is 10.1. The van der Waals surface area contributed by atoms with E-state index in [2.05, 4.69) is 15.9 Å². The minimum absolute atomic E-state index is 0.144. The molecule has 0 bridgehead atoms. The highest BCUT2D eigenvalue weighted by atomic mass is 79.9. The van der Waals surface area contributed by atoms with Crippen LogP contribution < -0.4 is 4.74 Å². The van der Waals surface area contributed by atoms with Crippen molar-refractivity contribution < 1.29 is 14.2 Å². The van der Waals surface area contributed by atoms with Gasteiger partial charge >= 0.3 is 0 Å². The molecule has 100 valence electrons. The molecule has 0 saturated carbocycles. The third kappa shape index (κ3) is 3.33. The molecule has 2 aromatic rings. The number of benzene rings is 2. The van der Waals surface area contributed by atoms with E-state index in [9.17, 15) is 9.50 Å². The van der Waals surface area contributed by atoms with Crippen molar-refractivity contribution in [2.45, 2.75) is 20.0 Å². The van der Waals surface area contributed by atoms with Crippen LogP contribution in [-0.2, 0) is 0 Å². The molecule has 0 aliphatic carbocycles. The van der Waals surface area contributed by atoms with Crippen LogP contribution in [0.1, 0.15) is 24.2 Å². The first-order chi connectivity index (χ1) is 8.97. The number of aliphatic hydroxyl groups excluding tert-OH is 1. The smallest absolute Gasteiger partial charge is 0.166 e. The van der Waals surface area contributed by atoms with Crippen molar-refractivity contribution in [1.29, 1.82) is 0 Å². The van der Waals surface area contributed by atoms with Gasteiger partial charge in [0.05, 0.1) is 6.10 Å². The zero-order chi connectivity index (χ0) is 14.0. The monoisotopic (exact) mass is 324 g/mol. The first kappa shape index (κ1) is 14.0. The van der Waals surface area contributed by atoms with Crippen molar-refractivity contribution in [3.05, 3.63) is 57.8 Å². The number of hydrogen-bond donors (Lipinski definition) is 1. The van der Waals surface area contributed by atoms with Crippen molar-refractivity contribution in [3.63, 3.8) is 0 Å². The zero-order valence-corrected chi connectivity index (χ0v) is 12.2. The number of halogens is 2. The van der Waals surface area contributed by atoms with E-state index in [1.165, 1.54) is 12.1 Å². The van der Waals surface area contributed by atoms with Gasteiger partial charge in [-0.1, -0.05) is 28.1 Å². The van der Waals surface area contributed by atoms with E-state index in [0.29, 0.717) is 11.3 Å². The Balaban J connectivity index is 2.31. The molecule has 0 heterocycles. The Hall–Kier alpha value is -1.39. The highest BCUT2D eigenvalue weighted by molar-refractivity contribution is 9.10. The molecule has 19 heavy (non-hydrogen) atoms. The average Bonchev–Trinajstić information content (AvgIpc) is 2.36. The molecule has 0 spiro atoms. The van der Waals surface area contributed by atoms with E-state index < -0.39 is 11.9 Å². The lowest BCUT2D eigenvalue weighted by molar-refractivity contribution is 0.198. The van der Waals surface area contributed by atoms with E-state index in [1.54, 1.807) is 19.1 Å². The van der Waals surface area contributed by atoms with Crippen molar-refractivity contribution in [2.75, 3.05) is 0 Å². The Kier molecular flexibility index (Phi) is 4.22.